The molecule has 0 aromatic heterocycles. The van der Waals surface area contributed by atoms with E-state index in [2.05, 4.69) is 0 Å². The van der Waals surface area contributed by atoms with Gasteiger partial charge in [0.15, 0.2) is 16.7 Å². The van der Waals surface area contributed by atoms with Gasteiger partial charge in [0.05, 0.1) is 47.3 Å². The Morgan fingerprint density at radius 1 is 0.841 bits per heavy atom. The number of methoxy groups -OCH3 is 2. The minimum Gasteiger partial charge on any atom is -0.497 e. The maximum Gasteiger partial charge on any atom is 0.318 e. The van der Waals surface area contributed by atoms with Crippen LogP contribution < -0.4 is 14.2 Å². The first-order chi connectivity index (χ1) is 21.2. The summed E-state index contributed by atoms with van der Waals surface area (Å²) in [6.45, 7) is 0.295. The average Bonchev–Trinajstić information content (AvgIpc) is 3.31. The third kappa shape index (κ3) is 6.68. The van der Waals surface area contributed by atoms with E-state index in [1.807, 2.05) is 54.6 Å². The molecular formula is C31H24N4O8S. The van der Waals surface area contributed by atoms with Crippen LogP contribution in [0.5, 0.6) is 23.0 Å². The summed E-state index contributed by atoms with van der Waals surface area (Å²) in [5, 5.41) is 23.1. The highest BCUT2D eigenvalue weighted by Crippen LogP contribution is 2.40. The van der Waals surface area contributed by atoms with E-state index in [0.717, 1.165) is 23.8 Å². The predicted octanol–water partition coefficient (Wildman–Crippen LogP) is 7.12. The lowest BCUT2D eigenvalue weighted by molar-refractivity contribution is -0.394. The van der Waals surface area contributed by atoms with Crippen LogP contribution in [0.2, 0.25) is 0 Å². The van der Waals surface area contributed by atoms with Crippen LogP contribution in [0.15, 0.2) is 101 Å². The molecule has 0 unspecified atom stereocenters. The number of ether oxygens (including phenoxy) is 3. The minimum atomic E-state index is -0.761. The summed E-state index contributed by atoms with van der Waals surface area (Å²) in [5.74, 6) is 0.656. The number of nitro benzene ring substituents is 2. The number of nitrogens with zero attached hydrogens (tertiary/aromatic N) is 4. The fourth-order valence-electron chi connectivity index (χ4n) is 4.23. The number of amidine groups is 1. The van der Waals surface area contributed by atoms with Gasteiger partial charge in [-0.2, -0.15) is 0 Å². The second-order valence-corrected chi connectivity index (χ2v) is 10.3. The van der Waals surface area contributed by atoms with Crippen molar-refractivity contribution in [3.8, 4) is 23.0 Å². The molecule has 13 heteroatoms. The number of carbonyl (C=O) groups excluding carboxylic acids is 1. The summed E-state index contributed by atoms with van der Waals surface area (Å²) in [4.78, 5) is 41.5. The highest BCUT2D eigenvalue weighted by Gasteiger charge is 2.33. The number of hydrogen-bond acceptors (Lipinski definition) is 10. The maximum atomic E-state index is 13.6. The van der Waals surface area contributed by atoms with Crippen molar-refractivity contribution in [1.29, 1.82) is 0 Å². The van der Waals surface area contributed by atoms with Gasteiger partial charge in [-0.15, -0.1) is 0 Å². The second-order valence-electron chi connectivity index (χ2n) is 9.26. The topological polar surface area (TPSA) is 147 Å². The molecule has 222 valence electrons. The van der Waals surface area contributed by atoms with Crippen LogP contribution in [0.4, 0.5) is 17.1 Å². The van der Waals surface area contributed by atoms with Gasteiger partial charge in [0, 0.05) is 6.07 Å². The van der Waals surface area contributed by atoms with E-state index >= 15 is 0 Å². The summed E-state index contributed by atoms with van der Waals surface area (Å²) >= 11 is 1.23. The molecule has 0 atom stereocenters. The fraction of sp³-hybridized carbons (Fsp3) is 0.0968. The highest BCUT2D eigenvalue weighted by molar-refractivity contribution is 8.18. The number of para-hydroxylation sites is 1. The first-order valence-corrected chi connectivity index (χ1v) is 13.8. The molecule has 12 nitrogen and oxygen atoms in total. The van der Waals surface area contributed by atoms with E-state index < -0.39 is 21.2 Å². The van der Waals surface area contributed by atoms with Crippen LogP contribution in [0.3, 0.4) is 0 Å². The Hall–Kier alpha value is -5.69. The normalized spacial score (nSPS) is 14.6. The maximum absolute atomic E-state index is 13.6. The summed E-state index contributed by atoms with van der Waals surface area (Å²) < 4.78 is 16.4. The van der Waals surface area contributed by atoms with Gasteiger partial charge in [0.25, 0.3) is 11.6 Å². The van der Waals surface area contributed by atoms with Crippen LogP contribution >= 0.6 is 11.8 Å². The zero-order valence-electron chi connectivity index (χ0n) is 23.4. The zero-order chi connectivity index (χ0) is 31.2. The van der Waals surface area contributed by atoms with E-state index in [1.54, 1.807) is 30.2 Å². The van der Waals surface area contributed by atoms with Crippen LogP contribution in [0.25, 0.3) is 6.08 Å². The number of carbonyl (C=O) groups is 1. The van der Waals surface area contributed by atoms with E-state index in [-0.39, 0.29) is 23.2 Å². The van der Waals surface area contributed by atoms with Crippen molar-refractivity contribution in [2.75, 3.05) is 14.2 Å². The number of thioether (sulfide) groups is 1. The quantitative estimate of drug-likeness (QED) is 0.104. The number of amides is 1. The van der Waals surface area contributed by atoms with Crippen molar-refractivity contribution in [1.82, 2.24) is 4.90 Å². The number of benzene rings is 4. The molecule has 5 rings (SSSR count). The molecule has 44 heavy (non-hydrogen) atoms. The van der Waals surface area contributed by atoms with Crippen molar-refractivity contribution < 1.29 is 28.9 Å². The molecule has 1 aliphatic rings. The Balaban J connectivity index is 1.44. The third-order valence-corrected chi connectivity index (χ3v) is 7.43. The molecule has 4 aromatic rings. The van der Waals surface area contributed by atoms with Crippen LogP contribution in [0, 0.1) is 20.2 Å². The summed E-state index contributed by atoms with van der Waals surface area (Å²) in [6, 6.07) is 24.7. The van der Waals surface area contributed by atoms with Crippen molar-refractivity contribution in [3.05, 3.63) is 127 Å². The zero-order valence-corrected chi connectivity index (χ0v) is 24.2. The molecule has 0 bridgehead atoms. The Labute approximate surface area is 255 Å². The number of rotatable bonds is 10. The van der Waals surface area contributed by atoms with Gasteiger partial charge in [0.1, 0.15) is 5.75 Å². The summed E-state index contributed by atoms with van der Waals surface area (Å²) in [7, 11) is 2.99. The Bertz CT molecular complexity index is 1790. The Morgan fingerprint density at radius 3 is 2.23 bits per heavy atom. The molecular weight excluding hydrogens is 588 g/mol. The number of aliphatic imine (C=N–C) groups is 1. The van der Waals surface area contributed by atoms with Crippen molar-refractivity contribution in [3.63, 3.8) is 0 Å². The predicted molar refractivity (Wildman–Crippen MR) is 165 cm³/mol. The smallest absolute Gasteiger partial charge is 0.318 e. The molecule has 0 aliphatic carbocycles. The van der Waals surface area contributed by atoms with E-state index in [1.165, 1.54) is 24.9 Å². The van der Waals surface area contributed by atoms with Gasteiger partial charge in [0.2, 0.25) is 5.75 Å². The Morgan fingerprint density at radius 2 is 1.57 bits per heavy atom. The standard InChI is InChI=1S/C31H24N4O8S/c1-41-24-12-8-20(9-13-24)19-33-30(36)29(44-31(33)32-22-6-4-3-5-7-22)17-21-10-14-27(28(16-21)42-2)43-26-15-11-23(34(37)38)18-25(26)35(39)40/h3-18H,19H2,1-2H3/b29-17-,32-31?. The minimum absolute atomic E-state index is 0.143. The van der Waals surface area contributed by atoms with E-state index in [4.69, 9.17) is 19.2 Å². The lowest BCUT2D eigenvalue weighted by atomic mass is 10.1. The molecule has 1 heterocycles. The molecule has 0 saturated carbocycles. The van der Waals surface area contributed by atoms with Crippen LogP contribution in [-0.2, 0) is 11.3 Å². The largest absolute Gasteiger partial charge is 0.497 e. The number of hydrogen-bond donors (Lipinski definition) is 0. The number of nitro groups is 2. The third-order valence-electron chi connectivity index (χ3n) is 6.42. The van der Waals surface area contributed by atoms with Gasteiger partial charge < -0.3 is 14.2 Å². The lowest BCUT2D eigenvalue weighted by Gasteiger charge is -2.16. The van der Waals surface area contributed by atoms with Gasteiger partial charge in [-0.1, -0.05) is 36.4 Å². The lowest BCUT2D eigenvalue weighted by Crippen LogP contribution is -2.28. The Kier molecular flexibility index (Phi) is 8.86. The highest BCUT2D eigenvalue weighted by atomic mass is 32.2. The summed E-state index contributed by atoms with van der Waals surface area (Å²) in [6.07, 6.45) is 1.70. The summed E-state index contributed by atoms with van der Waals surface area (Å²) in [5.41, 5.74) is 1.20. The number of non-ortho nitro benzene ring substituents is 1. The molecule has 4 aromatic carbocycles. The van der Waals surface area contributed by atoms with Gasteiger partial charge >= 0.3 is 5.69 Å². The molecule has 0 radical (unpaired) electrons. The average molecular weight is 613 g/mol. The van der Waals surface area contributed by atoms with Crippen molar-refractivity contribution >= 4 is 46.0 Å². The van der Waals surface area contributed by atoms with Crippen LogP contribution in [0.1, 0.15) is 11.1 Å². The van der Waals surface area contributed by atoms with E-state index in [0.29, 0.717) is 33.6 Å². The molecule has 0 spiro atoms. The van der Waals surface area contributed by atoms with Crippen molar-refractivity contribution in [2.24, 2.45) is 4.99 Å². The molecule has 0 N–H and O–H groups in total. The van der Waals surface area contributed by atoms with Crippen LogP contribution in [-0.4, -0.2) is 40.0 Å². The fourth-order valence-corrected chi connectivity index (χ4v) is 5.23. The molecule has 1 aliphatic heterocycles. The van der Waals surface area contributed by atoms with Gasteiger partial charge in [-0.25, -0.2) is 4.99 Å². The van der Waals surface area contributed by atoms with Gasteiger partial charge in [-0.05, 0) is 71.4 Å². The molecule has 1 amide bonds. The van der Waals surface area contributed by atoms with Crippen molar-refractivity contribution in [2.45, 2.75) is 6.54 Å². The first kappa shape index (κ1) is 29.8. The molecule has 1 saturated heterocycles. The molecule has 1 fully saturated rings. The first-order valence-electron chi connectivity index (χ1n) is 13.0. The van der Waals surface area contributed by atoms with E-state index in [9.17, 15) is 25.0 Å². The van der Waals surface area contributed by atoms with Gasteiger partial charge in [-0.3, -0.25) is 29.9 Å². The second kappa shape index (κ2) is 13.1. The monoisotopic (exact) mass is 612 g/mol. The SMILES string of the molecule is COc1ccc(CN2C(=O)/C(=C/c3ccc(Oc4ccc([N+](=O)[O-])cc4[N+](=O)[O-])c(OC)c3)SC2=Nc2ccccc2)cc1.